The molecule has 0 aromatic heterocycles. The Morgan fingerprint density at radius 1 is 1.00 bits per heavy atom. The van der Waals surface area contributed by atoms with Gasteiger partial charge in [-0.25, -0.2) is 8.42 Å². The molecule has 1 saturated heterocycles. The van der Waals surface area contributed by atoms with Crippen LogP contribution in [0.15, 0.2) is 29.2 Å². The number of esters is 1. The molecule has 1 saturated carbocycles. The highest BCUT2D eigenvalue weighted by molar-refractivity contribution is 7.89. The van der Waals surface area contributed by atoms with Crippen LogP contribution in [0.4, 0.5) is 0 Å². The summed E-state index contributed by atoms with van der Waals surface area (Å²) in [7, 11) is -1.82. The third-order valence-corrected chi connectivity index (χ3v) is 9.17. The third kappa shape index (κ3) is 6.19. The second kappa shape index (κ2) is 10.8. The van der Waals surface area contributed by atoms with E-state index in [-0.39, 0.29) is 35.3 Å². The fourth-order valence-electron chi connectivity index (χ4n) is 4.86. The molecular weight excluding hydrogens is 452 g/mol. The smallest absolute Gasteiger partial charge is 0.309 e. The zero-order valence-corrected chi connectivity index (χ0v) is 22.1. The van der Waals surface area contributed by atoms with Crippen molar-refractivity contribution in [3.63, 3.8) is 0 Å². The van der Waals surface area contributed by atoms with Crippen molar-refractivity contribution < 1.29 is 22.7 Å². The van der Waals surface area contributed by atoms with Gasteiger partial charge in [0.1, 0.15) is 0 Å². The maximum Gasteiger partial charge on any atom is 0.309 e. The van der Waals surface area contributed by atoms with Crippen molar-refractivity contribution >= 4 is 21.9 Å². The number of benzene rings is 1. The van der Waals surface area contributed by atoms with Gasteiger partial charge in [-0.2, -0.15) is 4.31 Å². The number of ether oxygens (including phenoxy) is 1. The van der Waals surface area contributed by atoms with Crippen molar-refractivity contribution in [2.24, 2.45) is 5.92 Å². The Kier molecular flexibility index (Phi) is 8.45. The van der Waals surface area contributed by atoms with Gasteiger partial charge >= 0.3 is 5.97 Å². The topological polar surface area (TPSA) is 84.0 Å². The van der Waals surface area contributed by atoms with Gasteiger partial charge in [-0.05, 0) is 55.7 Å². The van der Waals surface area contributed by atoms with Crippen LogP contribution in [0.3, 0.4) is 0 Å². The Bertz CT molecular complexity index is 954. The number of hydrogen-bond donors (Lipinski definition) is 0. The van der Waals surface area contributed by atoms with E-state index in [0.29, 0.717) is 12.8 Å². The molecule has 190 valence electrons. The van der Waals surface area contributed by atoms with Crippen molar-refractivity contribution in [2.75, 3.05) is 20.1 Å². The number of hydrogen-bond acceptors (Lipinski definition) is 5. The first-order chi connectivity index (χ1) is 15.9. The highest BCUT2D eigenvalue weighted by Crippen LogP contribution is 2.28. The molecule has 0 radical (unpaired) electrons. The number of nitrogens with zero attached hydrogens (tertiary/aromatic N) is 2. The normalized spacial score (nSPS) is 20.0. The molecule has 2 fully saturated rings. The van der Waals surface area contributed by atoms with Crippen LogP contribution in [-0.2, 0) is 29.8 Å². The molecule has 1 aromatic rings. The number of carbonyl (C=O) groups excluding carboxylic acids is 2. The predicted octanol–water partition coefficient (Wildman–Crippen LogP) is 4.11. The molecule has 7 nitrogen and oxygen atoms in total. The molecule has 2 aliphatic rings. The summed E-state index contributed by atoms with van der Waals surface area (Å²) in [5, 5.41) is 0. The Labute approximate surface area is 204 Å². The number of amides is 1. The van der Waals surface area contributed by atoms with Gasteiger partial charge in [-0.3, -0.25) is 9.59 Å². The Morgan fingerprint density at radius 3 is 2.09 bits per heavy atom. The maximum absolute atomic E-state index is 13.1. The van der Waals surface area contributed by atoms with E-state index >= 15 is 0 Å². The van der Waals surface area contributed by atoms with Crippen LogP contribution in [0.25, 0.3) is 0 Å². The van der Waals surface area contributed by atoms with Gasteiger partial charge in [0.05, 0.1) is 10.8 Å². The molecule has 1 aliphatic carbocycles. The van der Waals surface area contributed by atoms with Crippen molar-refractivity contribution in [3.05, 3.63) is 29.8 Å². The zero-order chi connectivity index (χ0) is 25.1. The van der Waals surface area contributed by atoms with Gasteiger partial charge in [0, 0.05) is 26.2 Å². The van der Waals surface area contributed by atoms with E-state index in [1.807, 2.05) is 12.1 Å². The molecule has 0 unspecified atom stereocenters. The predicted molar refractivity (Wildman–Crippen MR) is 132 cm³/mol. The lowest BCUT2D eigenvalue weighted by molar-refractivity contribution is -0.164. The van der Waals surface area contributed by atoms with Crippen LogP contribution in [0.2, 0.25) is 0 Å². The molecule has 3 rings (SSSR count). The van der Waals surface area contributed by atoms with Crippen LogP contribution < -0.4 is 0 Å². The molecule has 0 N–H and O–H groups in total. The second-order valence-electron chi connectivity index (χ2n) is 10.8. The molecule has 1 heterocycles. The summed E-state index contributed by atoms with van der Waals surface area (Å²) in [6, 6.07) is 7.26. The lowest BCUT2D eigenvalue weighted by atomic mass is 9.87. The summed E-state index contributed by atoms with van der Waals surface area (Å²) in [4.78, 5) is 27.5. The van der Waals surface area contributed by atoms with Crippen molar-refractivity contribution in [1.29, 1.82) is 0 Å². The van der Waals surface area contributed by atoms with Crippen LogP contribution in [0.1, 0.15) is 78.2 Å². The van der Waals surface area contributed by atoms with Crippen LogP contribution in [0.5, 0.6) is 0 Å². The number of rotatable bonds is 6. The Hall–Kier alpha value is -1.93. The van der Waals surface area contributed by atoms with Gasteiger partial charge < -0.3 is 9.64 Å². The summed E-state index contributed by atoms with van der Waals surface area (Å²) >= 11 is 0. The van der Waals surface area contributed by atoms with Crippen LogP contribution in [0, 0.1) is 5.92 Å². The lowest BCUT2D eigenvalue weighted by Gasteiger charge is -2.33. The Balaban J connectivity index is 1.53. The Morgan fingerprint density at radius 2 is 1.56 bits per heavy atom. The fraction of sp³-hybridized carbons (Fsp3) is 0.692. The van der Waals surface area contributed by atoms with E-state index in [2.05, 4.69) is 20.8 Å². The monoisotopic (exact) mass is 492 g/mol. The molecule has 1 aromatic carbocycles. The largest absolute Gasteiger partial charge is 0.452 e. The molecular formula is C26H40N2O5S. The second-order valence-corrected chi connectivity index (χ2v) is 12.7. The van der Waals surface area contributed by atoms with E-state index < -0.39 is 28.0 Å². The minimum absolute atomic E-state index is 0.0509. The molecule has 34 heavy (non-hydrogen) atoms. The first-order valence-corrected chi connectivity index (χ1v) is 13.9. The summed E-state index contributed by atoms with van der Waals surface area (Å²) in [6.07, 6.45) is 5.39. The maximum atomic E-state index is 13.1. The minimum Gasteiger partial charge on any atom is -0.452 e. The first-order valence-electron chi connectivity index (χ1n) is 12.5. The van der Waals surface area contributed by atoms with Crippen molar-refractivity contribution in [3.8, 4) is 0 Å². The van der Waals surface area contributed by atoms with E-state index in [9.17, 15) is 18.0 Å². The molecule has 1 atom stereocenters. The van der Waals surface area contributed by atoms with Crippen molar-refractivity contribution in [2.45, 2.75) is 95.1 Å². The molecule has 0 spiro atoms. The summed E-state index contributed by atoms with van der Waals surface area (Å²) in [5.74, 6) is -0.978. The fourth-order valence-corrected chi connectivity index (χ4v) is 6.33. The average molecular weight is 493 g/mol. The third-order valence-electron chi connectivity index (χ3n) is 7.26. The molecule has 0 bridgehead atoms. The number of carbonyl (C=O) groups is 2. The van der Waals surface area contributed by atoms with E-state index in [1.165, 1.54) is 10.7 Å². The van der Waals surface area contributed by atoms with Gasteiger partial charge in [0.15, 0.2) is 6.10 Å². The average Bonchev–Trinajstić information content (AvgIpc) is 2.83. The van der Waals surface area contributed by atoms with Gasteiger partial charge in [-0.1, -0.05) is 52.2 Å². The molecule has 1 aliphatic heterocycles. The first kappa shape index (κ1) is 26.7. The SMILES string of the molecule is C[C@@H](OC(=O)C1CCN(S(=O)(=O)c2ccc(C(C)(C)C)cc2)CC1)C(=O)N(C)C1CCCCC1. The number of likely N-dealkylation sites (N-methyl/N-ethyl adjacent to an activating group) is 1. The van der Waals surface area contributed by atoms with E-state index in [1.54, 1.807) is 31.0 Å². The highest BCUT2D eigenvalue weighted by atomic mass is 32.2. The number of piperidine rings is 1. The van der Waals surface area contributed by atoms with Crippen LogP contribution in [-0.4, -0.2) is 61.8 Å². The van der Waals surface area contributed by atoms with E-state index in [4.69, 9.17) is 4.74 Å². The minimum atomic E-state index is -3.61. The highest BCUT2D eigenvalue weighted by Gasteiger charge is 2.35. The van der Waals surface area contributed by atoms with Crippen LogP contribution >= 0.6 is 0 Å². The zero-order valence-electron chi connectivity index (χ0n) is 21.2. The molecule has 8 heteroatoms. The molecule has 1 amide bonds. The van der Waals surface area contributed by atoms with Gasteiger partial charge in [0.25, 0.3) is 5.91 Å². The van der Waals surface area contributed by atoms with Crippen molar-refractivity contribution in [1.82, 2.24) is 9.21 Å². The summed E-state index contributed by atoms with van der Waals surface area (Å²) < 4.78 is 33.1. The van der Waals surface area contributed by atoms with E-state index in [0.717, 1.165) is 31.2 Å². The summed E-state index contributed by atoms with van der Waals surface area (Å²) in [6.45, 7) is 8.40. The van der Waals surface area contributed by atoms with Gasteiger partial charge in [-0.15, -0.1) is 0 Å². The number of sulfonamides is 1. The lowest BCUT2D eigenvalue weighted by Crippen LogP contribution is -2.45. The summed E-state index contributed by atoms with van der Waals surface area (Å²) in [5.41, 5.74) is 1.02. The standard InChI is InChI=1S/C26H40N2O5S/c1-19(24(29)27(5)22-9-7-6-8-10-22)33-25(30)20-15-17-28(18-16-20)34(31,32)23-13-11-21(12-14-23)26(2,3)4/h11-14,19-20,22H,6-10,15-18H2,1-5H3/t19-/m1/s1. The van der Waals surface area contributed by atoms with Gasteiger partial charge in [0.2, 0.25) is 10.0 Å². The quantitative estimate of drug-likeness (QED) is 0.558.